The van der Waals surface area contributed by atoms with Crippen molar-refractivity contribution in [2.75, 3.05) is 0 Å². The summed E-state index contributed by atoms with van der Waals surface area (Å²) in [4.78, 5) is 23.1. The van der Waals surface area contributed by atoms with E-state index >= 15 is 0 Å². The number of hydrogen-bond donors (Lipinski definition) is 2. The van der Waals surface area contributed by atoms with Gasteiger partial charge in [0.05, 0.1) is 11.9 Å². The number of aromatic amines is 1. The van der Waals surface area contributed by atoms with Crippen molar-refractivity contribution in [2.45, 2.75) is 6.42 Å². The second kappa shape index (κ2) is 6.12. The molecular weight excluding hydrogens is 290 g/mol. The minimum absolute atomic E-state index is 0.0634. The molecule has 112 valence electrons. The number of carbonyl (C=O) groups excluding carboxylic acids is 1. The van der Waals surface area contributed by atoms with Crippen LogP contribution in [0.3, 0.4) is 0 Å². The van der Waals surface area contributed by atoms with E-state index in [0.29, 0.717) is 17.6 Å². The molecule has 3 aromatic rings. The van der Waals surface area contributed by atoms with Crippen LogP contribution in [0.15, 0.2) is 54.4 Å². The first-order valence-corrected chi connectivity index (χ1v) is 6.97. The van der Waals surface area contributed by atoms with Crippen LogP contribution in [0.4, 0.5) is 0 Å². The molecule has 2 heterocycles. The first-order chi connectivity index (χ1) is 11.2. The highest BCUT2D eigenvalue weighted by Crippen LogP contribution is 2.21. The van der Waals surface area contributed by atoms with Crippen molar-refractivity contribution in [3.8, 4) is 17.3 Å². The number of hydrogen-bond acceptors (Lipinski definition) is 4. The summed E-state index contributed by atoms with van der Waals surface area (Å²) in [5, 5.41) is 8.88. The lowest BCUT2D eigenvalue weighted by Crippen LogP contribution is -2.12. The molecule has 0 radical (unpaired) electrons. The summed E-state index contributed by atoms with van der Waals surface area (Å²) in [7, 11) is 0. The van der Waals surface area contributed by atoms with Crippen molar-refractivity contribution in [1.82, 2.24) is 15.0 Å². The highest BCUT2D eigenvalue weighted by Gasteiger charge is 2.09. The topological polar surface area (TPSA) is 108 Å². The number of H-pyrrole nitrogens is 1. The molecular formula is C17H13N5O. The van der Waals surface area contributed by atoms with Gasteiger partial charge in [0.25, 0.3) is 5.91 Å². The second-order valence-electron chi connectivity index (χ2n) is 4.93. The van der Waals surface area contributed by atoms with Gasteiger partial charge in [-0.1, -0.05) is 36.4 Å². The number of carbonyl (C=O) groups is 1. The Morgan fingerprint density at radius 3 is 2.83 bits per heavy atom. The lowest BCUT2D eigenvalue weighted by atomic mass is 10.1. The molecule has 2 aromatic heterocycles. The van der Waals surface area contributed by atoms with Crippen molar-refractivity contribution >= 4 is 17.1 Å². The third-order valence-electron chi connectivity index (χ3n) is 3.44. The van der Waals surface area contributed by atoms with Crippen LogP contribution >= 0.6 is 0 Å². The number of allylic oxidation sites excluding steroid dienone is 1. The Morgan fingerprint density at radius 2 is 2.13 bits per heavy atom. The number of nitrogens with one attached hydrogen (secondary N) is 1. The Morgan fingerprint density at radius 1 is 1.35 bits per heavy atom. The number of nitrogens with two attached hydrogens (primary N) is 1. The lowest BCUT2D eigenvalue weighted by Gasteiger charge is -2.01. The van der Waals surface area contributed by atoms with Gasteiger partial charge in [0.1, 0.15) is 17.2 Å². The van der Waals surface area contributed by atoms with Gasteiger partial charge in [-0.25, -0.2) is 9.97 Å². The fourth-order valence-corrected chi connectivity index (χ4v) is 2.26. The molecule has 0 atom stereocenters. The van der Waals surface area contributed by atoms with Crippen molar-refractivity contribution in [3.63, 3.8) is 0 Å². The molecule has 0 saturated carbocycles. The van der Waals surface area contributed by atoms with Crippen LogP contribution < -0.4 is 5.73 Å². The van der Waals surface area contributed by atoms with E-state index < -0.39 is 5.91 Å². The molecule has 0 fully saturated rings. The normalized spacial score (nSPS) is 11.3. The van der Waals surface area contributed by atoms with Crippen LogP contribution in [-0.4, -0.2) is 20.9 Å². The number of nitrogens with zero attached hydrogens (tertiary/aromatic N) is 3. The average Bonchev–Trinajstić information content (AvgIpc) is 2.98. The Kier molecular flexibility index (Phi) is 3.85. The molecule has 3 rings (SSSR count). The minimum Gasteiger partial charge on any atom is -0.365 e. The highest BCUT2D eigenvalue weighted by atomic mass is 16.1. The lowest BCUT2D eigenvalue weighted by molar-refractivity contribution is -0.114. The van der Waals surface area contributed by atoms with Crippen molar-refractivity contribution < 1.29 is 4.79 Å². The molecule has 0 bridgehead atoms. The maximum Gasteiger partial charge on any atom is 0.259 e. The summed E-state index contributed by atoms with van der Waals surface area (Å²) in [6.07, 6.45) is 5.35. The van der Waals surface area contributed by atoms with E-state index in [2.05, 4.69) is 15.0 Å². The first-order valence-electron chi connectivity index (χ1n) is 6.97. The molecule has 0 aliphatic rings. The monoisotopic (exact) mass is 303 g/mol. The number of fused-ring (bicyclic) bond motifs is 1. The van der Waals surface area contributed by atoms with E-state index in [1.54, 1.807) is 18.5 Å². The number of primary amides is 1. The molecule has 0 unspecified atom stereocenters. The molecule has 3 N–H and O–H groups in total. The van der Waals surface area contributed by atoms with E-state index in [1.807, 2.05) is 30.3 Å². The number of nitriles is 1. The standard InChI is InChI=1S/C17H13N5O/c18-8-12(16(19)23)6-7-13-9-20-17-15(13)22-14(10-21-17)11-4-2-1-3-5-11/h1-6,9-10H,7H2,(H2,19,23)(H,20,21)/b12-6+. The van der Waals surface area contributed by atoms with E-state index in [1.165, 1.54) is 6.08 Å². The van der Waals surface area contributed by atoms with Crippen molar-refractivity contribution in [1.29, 1.82) is 5.26 Å². The van der Waals surface area contributed by atoms with E-state index in [4.69, 9.17) is 11.0 Å². The Labute approximate surface area is 132 Å². The van der Waals surface area contributed by atoms with Gasteiger partial charge in [-0.15, -0.1) is 0 Å². The minimum atomic E-state index is -0.733. The third-order valence-corrected chi connectivity index (χ3v) is 3.44. The summed E-state index contributed by atoms with van der Waals surface area (Å²) in [6.45, 7) is 0. The largest absolute Gasteiger partial charge is 0.365 e. The number of rotatable bonds is 4. The molecule has 23 heavy (non-hydrogen) atoms. The zero-order chi connectivity index (χ0) is 16.2. The summed E-state index contributed by atoms with van der Waals surface area (Å²) < 4.78 is 0. The maximum absolute atomic E-state index is 11.1. The van der Waals surface area contributed by atoms with E-state index in [0.717, 1.165) is 16.8 Å². The smallest absolute Gasteiger partial charge is 0.259 e. The SMILES string of the molecule is N#C/C(=C\Cc1c[nH]c2ncc(-c3ccccc3)nc12)C(N)=O. The molecule has 1 aromatic carbocycles. The highest BCUT2D eigenvalue weighted by molar-refractivity contribution is 5.96. The van der Waals surface area contributed by atoms with Crippen LogP contribution in [0.1, 0.15) is 5.56 Å². The van der Waals surface area contributed by atoms with Gasteiger partial charge in [0.2, 0.25) is 0 Å². The summed E-state index contributed by atoms with van der Waals surface area (Å²) in [5.41, 5.74) is 9.02. The first kappa shape index (κ1) is 14.5. The Balaban J connectivity index is 2.00. The number of aromatic nitrogens is 3. The van der Waals surface area contributed by atoms with E-state index in [9.17, 15) is 4.79 Å². The van der Waals surface area contributed by atoms with Crippen LogP contribution in [-0.2, 0) is 11.2 Å². The quantitative estimate of drug-likeness (QED) is 0.568. The van der Waals surface area contributed by atoms with Gasteiger partial charge >= 0.3 is 0 Å². The van der Waals surface area contributed by atoms with Gasteiger partial charge < -0.3 is 10.7 Å². The number of benzene rings is 1. The zero-order valence-corrected chi connectivity index (χ0v) is 12.2. The van der Waals surface area contributed by atoms with Crippen LogP contribution in [0.5, 0.6) is 0 Å². The molecule has 0 saturated heterocycles. The predicted octanol–water partition coefficient (Wildman–Crippen LogP) is 2.10. The zero-order valence-electron chi connectivity index (χ0n) is 12.2. The molecule has 1 amide bonds. The van der Waals surface area contributed by atoms with Gasteiger partial charge in [-0.05, 0) is 6.42 Å². The molecule has 6 heteroatoms. The number of amides is 1. The van der Waals surface area contributed by atoms with Crippen molar-refractivity contribution in [3.05, 3.63) is 59.9 Å². The van der Waals surface area contributed by atoms with Crippen LogP contribution in [0.2, 0.25) is 0 Å². The fraction of sp³-hybridized carbons (Fsp3) is 0.0588. The van der Waals surface area contributed by atoms with Gasteiger partial charge in [0.15, 0.2) is 5.65 Å². The van der Waals surface area contributed by atoms with Gasteiger partial charge in [-0.2, -0.15) is 5.26 Å². The van der Waals surface area contributed by atoms with Crippen LogP contribution in [0, 0.1) is 11.3 Å². The summed E-state index contributed by atoms with van der Waals surface area (Å²) in [5.74, 6) is -0.733. The molecule has 0 aliphatic heterocycles. The maximum atomic E-state index is 11.1. The molecule has 6 nitrogen and oxygen atoms in total. The van der Waals surface area contributed by atoms with Gasteiger partial charge in [0, 0.05) is 17.3 Å². The predicted molar refractivity (Wildman–Crippen MR) is 85.9 cm³/mol. The molecule has 0 spiro atoms. The van der Waals surface area contributed by atoms with Gasteiger partial charge in [-0.3, -0.25) is 4.79 Å². The average molecular weight is 303 g/mol. The summed E-state index contributed by atoms with van der Waals surface area (Å²) >= 11 is 0. The summed E-state index contributed by atoms with van der Waals surface area (Å²) in [6, 6.07) is 11.5. The third kappa shape index (κ3) is 2.94. The molecule has 0 aliphatic carbocycles. The second-order valence-corrected chi connectivity index (χ2v) is 4.93. The van der Waals surface area contributed by atoms with Crippen molar-refractivity contribution in [2.24, 2.45) is 5.73 Å². The Hall–Kier alpha value is -3.46. The van der Waals surface area contributed by atoms with E-state index in [-0.39, 0.29) is 5.57 Å². The fourth-order valence-electron chi connectivity index (χ4n) is 2.26. The Bertz CT molecular complexity index is 935. The van der Waals surface area contributed by atoms with Crippen LogP contribution in [0.25, 0.3) is 22.4 Å².